The lowest BCUT2D eigenvalue weighted by Crippen LogP contribution is -1.96. The number of carbonyl (C=O) groups is 1. The van der Waals surface area contributed by atoms with Crippen LogP contribution in [0, 0.1) is 0 Å². The van der Waals surface area contributed by atoms with Gasteiger partial charge in [-0.25, -0.2) is 0 Å². The molecule has 1 aliphatic rings. The fourth-order valence-electron chi connectivity index (χ4n) is 2.45. The first-order valence-electron chi connectivity index (χ1n) is 6.47. The van der Waals surface area contributed by atoms with Gasteiger partial charge in [0.1, 0.15) is 5.76 Å². The van der Waals surface area contributed by atoms with Crippen LogP contribution in [0.5, 0.6) is 0 Å². The quantitative estimate of drug-likeness (QED) is 0.842. The standard InChI is InChI=1S/C18H14O2/c1-20-16-12-15(19)17(13-8-4-2-5-9-13)18(16)14-10-6-3-7-11-14/h2-12H,1H3. The number of rotatable bonds is 3. The number of hydrogen-bond acceptors (Lipinski definition) is 2. The van der Waals surface area contributed by atoms with Crippen molar-refractivity contribution in [2.75, 3.05) is 7.11 Å². The third-order valence-corrected chi connectivity index (χ3v) is 3.35. The fourth-order valence-corrected chi connectivity index (χ4v) is 2.45. The Labute approximate surface area is 118 Å². The van der Waals surface area contributed by atoms with Gasteiger partial charge in [-0.3, -0.25) is 4.79 Å². The lowest BCUT2D eigenvalue weighted by Gasteiger charge is -2.10. The van der Waals surface area contributed by atoms with E-state index in [9.17, 15) is 4.79 Å². The highest BCUT2D eigenvalue weighted by molar-refractivity contribution is 6.37. The third-order valence-electron chi connectivity index (χ3n) is 3.35. The predicted molar refractivity (Wildman–Crippen MR) is 79.8 cm³/mol. The molecule has 0 unspecified atom stereocenters. The molecular weight excluding hydrogens is 248 g/mol. The molecule has 0 amide bonds. The largest absolute Gasteiger partial charge is 0.496 e. The van der Waals surface area contributed by atoms with E-state index in [1.54, 1.807) is 13.2 Å². The highest BCUT2D eigenvalue weighted by atomic mass is 16.5. The van der Waals surface area contributed by atoms with Gasteiger partial charge in [0.25, 0.3) is 0 Å². The Morgan fingerprint density at radius 1 is 0.750 bits per heavy atom. The molecule has 0 saturated carbocycles. The van der Waals surface area contributed by atoms with Crippen LogP contribution in [0.25, 0.3) is 11.1 Å². The molecule has 0 aliphatic heterocycles. The molecule has 2 aromatic carbocycles. The summed E-state index contributed by atoms with van der Waals surface area (Å²) in [4.78, 5) is 12.3. The molecule has 0 radical (unpaired) electrons. The summed E-state index contributed by atoms with van der Waals surface area (Å²) in [6.45, 7) is 0. The van der Waals surface area contributed by atoms with E-state index in [1.165, 1.54) is 0 Å². The molecule has 2 nitrogen and oxygen atoms in total. The van der Waals surface area contributed by atoms with Crippen LogP contribution < -0.4 is 0 Å². The van der Waals surface area contributed by atoms with E-state index in [0.717, 1.165) is 16.7 Å². The number of hydrogen-bond donors (Lipinski definition) is 0. The van der Waals surface area contributed by atoms with E-state index in [4.69, 9.17) is 4.74 Å². The number of methoxy groups -OCH3 is 1. The van der Waals surface area contributed by atoms with Gasteiger partial charge in [-0.1, -0.05) is 60.7 Å². The molecule has 2 heteroatoms. The first-order valence-corrected chi connectivity index (χ1v) is 6.47. The Kier molecular flexibility index (Phi) is 3.21. The van der Waals surface area contributed by atoms with Crippen LogP contribution in [0.4, 0.5) is 0 Å². The molecule has 0 spiro atoms. The molecule has 98 valence electrons. The maximum absolute atomic E-state index is 12.3. The second kappa shape index (κ2) is 5.17. The second-order valence-corrected chi connectivity index (χ2v) is 4.56. The van der Waals surface area contributed by atoms with Crippen LogP contribution in [0.2, 0.25) is 0 Å². The van der Waals surface area contributed by atoms with Crippen molar-refractivity contribution in [3.63, 3.8) is 0 Å². The SMILES string of the molecule is COC1=CC(=O)C(c2ccccc2)=C1c1ccccc1. The van der Waals surface area contributed by atoms with Crippen LogP contribution in [0.1, 0.15) is 11.1 Å². The molecule has 0 bridgehead atoms. The van der Waals surface area contributed by atoms with Crippen molar-refractivity contribution in [2.24, 2.45) is 0 Å². The van der Waals surface area contributed by atoms with Crippen molar-refractivity contribution >= 4 is 16.9 Å². The molecule has 0 N–H and O–H groups in total. The minimum absolute atomic E-state index is 0.00750. The summed E-state index contributed by atoms with van der Waals surface area (Å²) in [6, 6.07) is 19.6. The molecule has 0 aromatic heterocycles. The van der Waals surface area contributed by atoms with Gasteiger partial charge in [0.15, 0.2) is 5.78 Å². The van der Waals surface area contributed by atoms with Crippen molar-refractivity contribution in [3.05, 3.63) is 83.6 Å². The normalized spacial score (nSPS) is 14.4. The van der Waals surface area contributed by atoms with Gasteiger partial charge in [-0.05, 0) is 11.1 Å². The summed E-state index contributed by atoms with van der Waals surface area (Å²) in [5.41, 5.74) is 3.47. The van der Waals surface area contributed by atoms with E-state index in [-0.39, 0.29) is 5.78 Å². The minimum Gasteiger partial charge on any atom is -0.496 e. The van der Waals surface area contributed by atoms with Crippen LogP contribution in [0.15, 0.2) is 72.5 Å². The Morgan fingerprint density at radius 2 is 1.25 bits per heavy atom. The molecule has 0 atom stereocenters. The fraction of sp³-hybridized carbons (Fsp3) is 0.0556. The third kappa shape index (κ3) is 2.05. The van der Waals surface area contributed by atoms with E-state index in [1.807, 2.05) is 60.7 Å². The lowest BCUT2D eigenvalue weighted by molar-refractivity contribution is -0.109. The molecule has 0 fully saturated rings. The van der Waals surface area contributed by atoms with Crippen molar-refractivity contribution in [2.45, 2.75) is 0 Å². The van der Waals surface area contributed by atoms with Gasteiger partial charge in [0.05, 0.1) is 7.11 Å². The van der Waals surface area contributed by atoms with Crippen LogP contribution in [-0.4, -0.2) is 12.9 Å². The minimum atomic E-state index is -0.00750. The van der Waals surface area contributed by atoms with E-state index in [2.05, 4.69) is 0 Å². The summed E-state index contributed by atoms with van der Waals surface area (Å²) >= 11 is 0. The lowest BCUT2D eigenvalue weighted by atomic mass is 9.96. The van der Waals surface area contributed by atoms with Crippen molar-refractivity contribution in [1.29, 1.82) is 0 Å². The summed E-state index contributed by atoms with van der Waals surface area (Å²) in [7, 11) is 1.59. The first kappa shape index (κ1) is 12.4. The molecule has 2 aromatic rings. The Balaban J connectivity index is 2.24. The Morgan fingerprint density at radius 3 is 1.75 bits per heavy atom. The Hall–Kier alpha value is -2.61. The van der Waals surface area contributed by atoms with Gasteiger partial charge >= 0.3 is 0 Å². The second-order valence-electron chi connectivity index (χ2n) is 4.56. The van der Waals surface area contributed by atoms with Gasteiger partial charge in [-0.15, -0.1) is 0 Å². The highest BCUT2D eigenvalue weighted by Gasteiger charge is 2.27. The number of benzene rings is 2. The van der Waals surface area contributed by atoms with E-state index in [0.29, 0.717) is 11.3 Å². The predicted octanol–water partition coefficient (Wildman–Crippen LogP) is 3.71. The topological polar surface area (TPSA) is 26.3 Å². The molecule has 0 saturated heterocycles. The van der Waals surface area contributed by atoms with E-state index < -0.39 is 0 Å². The summed E-state index contributed by atoms with van der Waals surface area (Å²) in [5, 5.41) is 0. The maximum atomic E-state index is 12.3. The summed E-state index contributed by atoms with van der Waals surface area (Å²) < 4.78 is 5.38. The van der Waals surface area contributed by atoms with Gasteiger partial charge in [-0.2, -0.15) is 0 Å². The zero-order chi connectivity index (χ0) is 13.9. The summed E-state index contributed by atoms with van der Waals surface area (Å²) in [6.07, 6.45) is 1.56. The van der Waals surface area contributed by atoms with Crippen molar-refractivity contribution in [1.82, 2.24) is 0 Å². The average Bonchev–Trinajstić information content (AvgIpc) is 2.85. The zero-order valence-corrected chi connectivity index (χ0v) is 11.2. The molecule has 1 aliphatic carbocycles. The van der Waals surface area contributed by atoms with Gasteiger partial charge < -0.3 is 4.74 Å². The molecule has 3 rings (SSSR count). The smallest absolute Gasteiger partial charge is 0.190 e. The molecular formula is C18H14O2. The number of carbonyl (C=O) groups excluding carboxylic acids is 1. The van der Waals surface area contributed by atoms with Crippen molar-refractivity contribution < 1.29 is 9.53 Å². The highest BCUT2D eigenvalue weighted by Crippen LogP contribution is 2.38. The number of allylic oxidation sites excluding steroid dienone is 3. The number of ketones is 1. The average molecular weight is 262 g/mol. The van der Waals surface area contributed by atoms with Crippen LogP contribution >= 0.6 is 0 Å². The first-order chi connectivity index (χ1) is 9.81. The zero-order valence-electron chi connectivity index (χ0n) is 11.2. The molecule has 20 heavy (non-hydrogen) atoms. The monoisotopic (exact) mass is 262 g/mol. The number of ether oxygens (including phenoxy) is 1. The van der Waals surface area contributed by atoms with Crippen molar-refractivity contribution in [3.8, 4) is 0 Å². The van der Waals surface area contributed by atoms with Crippen LogP contribution in [0.3, 0.4) is 0 Å². The van der Waals surface area contributed by atoms with Gasteiger partial charge in [0.2, 0.25) is 0 Å². The summed E-state index contributed by atoms with van der Waals surface area (Å²) in [5.74, 6) is 0.618. The van der Waals surface area contributed by atoms with Crippen LogP contribution in [-0.2, 0) is 9.53 Å². The van der Waals surface area contributed by atoms with E-state index >= 15 is 0 Å². The molecule has 0 heterocycles. The maximum Gasteiger partial charge on any atom is 0.190 e. The van der Waals surface area contributed by atoms with Gasteiger partial charge in [0, 0.05) is 17.2 Å². The Bertz CT molecular complexity index is 695.